The molecule has 0 saturated carbocycles. The molecular weight excluding hydrogens is 390 g/mol. The van der Waals surface area contributed by atoms with Gasteiger partial charge in [-0.15, -0.1) is 0 Å². The van der Waals surface area contributed by atoms with Crippen LogP contribution in [0.3, 0.4) is 0 Å². The Hall–Kier alpha value is -2.71. The fourth-order valence-electron chi connectivity index (χ4n) is 3.28. The quantitative estimate of drug-likeness (QED) is 0.728. The lowest BCUT2D eigenvalue weighted by Gasteiger charge is -2.30. The Kier molecular flexibility index (Phi) is 6.66. The van der Waals surface area contributed by atoms with E-state index in [9.17, 15) is 18.0 Å². The van der Waals surface area contributed by atoms with Gasteiger partial charge in [-0.3, -0.25) is 20.4 Å². The fourth-order valence-corrected chi connectivity index (χ4v) is 4.75. The highest BCUT2D eigenvalue weighted by Gasteiger charge is 2.32. The molecule has 0 bridgehead atoms. The van der Waals surface area contributed by atoms with Crippen LogP contribution in [0.1, 0.15) is 24.0 Å². The highest BCUT2D eigenvalue weighted by Crippen LogP contribution is 2.24. The normalized spacial score (nSPS) is 15.6. The summed E-state index contributed by atoms with van der Waals surface area (Å²) in [6.07, 6.45) is 0.991. The maximum absolute atomic E-state index is 12.7. The van der Waals surface area contributed by atoms with Crippen LogP contribution in [0.4, 0.5) is 0 Å². The number of sulfonamides is 1. The first-order chi connectivity index (χ1) is 13.9. The Morgan fingerprint density at radius 1 is 0.966 bits per heavy atom. The van der Waals surface area contributed by atoms with Crippen LogP contribution in [0.15, 0.2) is 59.5 Å². The molecule has 154 valence electrons. The number of rotatable bonds is 5. The van der Waals surface area contributed by atoms with Gasteiger partial charge in [0.05, 0.1) is 11.3 Å². The average Bonchev–Trinajstić information content (AvgIpc) is 2.73. The van der Waals surface area contributed by atoms with Crippen molar-refractivity contribution in [2.45, 2.75) is 31.1 Å². The topological polar surface area (TPSA) is 95.6 Å². The van der Waals surface area contributed by atoms with Gasteiger partial charge in [0, 0.05) is 19.0 Å². The number of benzene rings is 2. The smallest absolute Gasteiger partial charge is 0.243 e. The van der Waals surface area contributed by atoms with Crippen molar-refractivity contribution in [2.75, 3.05) is 13.1 Å². The number of amides is 2. The van der Waals surface area contributed by atoms with Crippen LogP contribution in [0.5, 0.6) is 0 Å². The largest absolute Gasteiger partial charge is 0.273 e. The van der Waals surface area contributed by atoms with Crippen molar-refractivity contribution >= 4 is 21.8 Å². The molecular formula is C21H25N3O4S. The van der Waals surface area contributed by atoms with Gasteiger partial charge in [-0.2, -0.15) is 4.31 Å². The van der Waals surface area contributed by atoms with Crippen molar-refractivity contribution in [3.8, 4) is 0 Å². The molecule has 3 rings (SSSR count). The van der Waals surface area contributed by atoms with Crippen molar-refractivity contribution in [3.63, 3.8) is 0 Å². The summed E-state index contributed by atoms with van der Waals surface area (Å²) in [6, 6.07) is 16.0. The van der Waals surface area contributed by atoms with Crippen LogP contribution in [0, 0.1) is 12.8 Å². The second kappa shape index (κ2) is 9.19. The molecule has 1 aliphatic rings. The molecule has 1 aliphatic heterocycles. The summed E-state index contributed by atoms with van der Waals surface area (Å²) >= 11 is 0. The lowest BCUT2D eigenvalue weighted by Crippen LogP contribution is -2.48. The maximum atomic E-state index is 12.7. The van der Waals surface area contributed by atoms with Crippen molar-refractivity contribution in [1.29, 1.82) is 0 Å². The monoisotopic (exact) mass is 415 g/mol. The lowest BCUT2D eigenvalue weighted by atomic mass is 9.98. The third-order valence-corrected chi connectivity index (χ3v) is 6.93. The molecule has 0 unspecified atom stereocenters. The zero-order valence-corrected chi connectivity index (χ0v) is 17.1. The Labute approximate surface area is 171 Å². The number of nitrogens with zero attached hydrogens (tertiary/aromatic N) is 1. The van der Waals surface area contributed by atoms with Gasteiger partial charge in [-0.25, -0.2) is 8.42 Å². The minimum atomic E-state index is -3.56. The predicted octanol–water partition coefficient (Wildman–Crippen LogP) is 1.79. The molecule has 0 spiro atoms. The summed E-state index contributed by atoms with van der Waals surface area (Å²) in [5, 5.41) is 0. The third kappa shape index (κ3) is 5.42. The van der Waals surface area contributed by atoms with Gasteiger partial charge in [0.2, 0.25) is 21.8 Å². The summed E-state index contributed by atoms with van der Waals surface area (Å²) < 4.78 is 26.9. The van der Waals surface area contributed by atoms with E-state index in [4.69, 9.17) is 0 Å². The highest BCUT2D eigenvalue weighted by atomic mass is 32.2. The molecule has 1 saturated heterocycles. The van der Waals surface area contributed by atoms with E-state index in [1.807, 2.05) is 37.3 Å². The summed E-state index contributed by atoms with van der Waals surface area (Å²) in [6.45, 7) is 2.44. The molecule has 7 nitrogen and oxygen atoms in total. The number of hydrazine groups is 1. The Bertz CT molecular complexity index is 951. The zero-order chi connectivity index (χ0) is 20.9. The molecule has 29 heavy (non-hydrogen) atoms. The Morgan fingerprint density at radius 2 is 1.59 bits per heavy atom. The van der Waals surface area contributed by atoms with Crippen molar-refractivity contribution < 1.29 is 18.0 Å². The van der Waals surface area contributed by atoms with Crippen molar-refractivity contribution in [3.05, 3.63) is 65.7 Å². The molecule has 1 heterocycles. The van der Waals surface area contributed by atoms with Crippen LogP contribution < -0.4 is 10.9 Å². The van der Waals surface area contributed by atoms with Crippen molar-refractivity contribution in [2.24, 2.45) is 5.92 Å². The van der Waals surface area contributed by atoms with E-state index < -0.39 is 10.0 Å². The molecule has 0 aliphatic carbocycles. The van der Waals surface area contributed by atoms with Crippen LogP contribution in [0.2, 0.25) is 0 Å². The van der Waals surface area contributed by atoms with Gasteiger partial charge in [0.15, 0.2) is 0 Å². The first-order valence-corrected chi connectivity index (χ1v) is 11.0. The number of piperidine rings is 1. The van der Waals surface area contributed by atoms with Crippen LogP contribution in [0.25, 0.3) is 0 Å². The molecule has 0 radical (unpaired) electrons. The summed E-state index contributed by atoms with van der Waals surface area (Å²) in [7, 11) is -3.56. The standard InChI is InChI=1S/C21H25N3O4S/c1-16-7-9-19(10-8-16)29(27,28)24-13-11-18(12-14-24)21(26)23-22-20(25)15-17-5-3-2-4-6-17/h2-10,18H,11-15H2,1H3,(H,22,25)(H,23,26). The fraction of sp³-hybridized carbons (Fsp3) is 0.333. The van der Waals surface area contributed by atoms with E-state index in [1.54, 1.807) is 24.3 Å². The minimum Gasteiger partial charge on any atom is -0.273 e. The number of hydrogen-bond acceptors (Lipinski definition) is 4. The maximum Gasteiger partial charge on any atom is 0.243 e. The first-order valence-electron chi connectivity index (χ1n) is 9.56. The van der Waals surface area contributed by atoms with E-state index >= 15 is 0 Å². The summed E-state index contributed by atoms with van der Waals surface area (Å²) in [5.41, 5.74) is 6.74. The van der Waals surface area contributed by atoms with Gasteiger partial charge in [0.1, 0.15) is 0 Å². The zero-order valence-electron chi connectivity index (χ0n) is 16.3. The molecule has 1 fully saturated rings. The molecule has 2 N–H and O–H groups in total. The second-order valence-electron chi connectivity index (χ2n) is 7.19. The van der Waals surface area contributed by atoms with Gasteiger partial charge in [0.25, 0.3) is 0 Å². The average molecular weight is 416 g/mol. The van der Waals surface area contributed by atoms with Crippen LogP contribution in [-0.4, -0.2) is 37.6 Å². The Morgan fingerprint density at radius 3 is 2.21 bits per heavy atom. The molecule has 2 aromatic carbocycles. The van der Waals surface area contributed by atoms with Gasteiger partial charge in [-0.1, -0.05) is 48.0 Å². The van der Waals surface area contributed by atoms with E-state index in [2.05, 4.69) is 10.9 Å². The summed E-state index contributed by atoms with van der Waals surface area (Å²) in [5.74, 6) is -0.931. The van der Waals surface area contributed by atoms with Gasteiger partial charge in [-0.05, 0) is 37.5 Å². The summed E-state index contributed by atoms with van der Waals surface area (Å²) in [4.78, 5) is 24.5. The molecule has 0 aromatic heterocycles. The second-order valence-corrected chi connectivity index (χ2v) is 9.13. The first kappa shape index (κ1) is 21.0. The molecule has 2 aromatic rings. The van der Waals surface area contributed by atoms with E-state index in [0.29, 0.717) is 12.8 Å². The van der Waals surface area contributed by atoms with Gasteiger partial charge < -0.3 is 0 Å². The Balaban J connectivity index is 1.48. The number of aryl methyl sites for hydroxylation is 1. The van der Waals surface area contributed by atoms with E-state index in [-0.39, 0.29) is 42.1 Å². The number of nitrogens with one attached hydrogen (secondary N) is 2. The van der Waals surface area contributed by atoms with E-state index in [1.165, 1.54) is 4.31 Å². The number of carbonyl (C=O) groups excluding carboxylic acids is 2. The predicted molar refractivity (Wildman–Crippen MR) is 109 cm³/mol. The SMILES string of the molecule is Cc1ccc(S(=O)(=O)N2CCC(C(=O)NNC(=O)Cc3ccccc3)CC2)cc1. The van der Waals surface area contributed by atoms with Crippen molar-refractivity contribution in [1.82, 2.24) is 15.2 Å². The number of carbonyl (C=O) groups is 2. The lowest BCUT2D eigenvalue weighted by molar-refractivity contribution is -0.131. The van der Waals surface area contributed by atoms with E-state index in [0.717, 1.165) is 11.1 Å². The van der Waals surface area contributed by atoms with Crippen LogP contribution in [-0.2, 0) is 26.0 Å². The third-order valence-electron chi connectivity index (χ3n) is 5.02. The molecule has 2 amide bonds. The number of hydrogen-bond donors (Lipinski definition) is 2. The highest BCUT2D eigenvalue weighted by molar-refractivity contribution is 7.89. The minimum absolute atomic E-state index is 0.175. The van der Waals surface area contributed by atoms with Crippen LogP contribution >= 0.6 is 0 Å². The van der Waals surface area contributed by atoms with Gasteiger partial charge >= 0.3 is 0 Å². The molecule has 0 atom stereocenters. The molecule has 8 heteroatoms.